The molecule has 0 aliphatic rings. The van der Waals surface area contributed by atoms with Gasteiger partial charge in [0.25, 0.3) is 0 Å². The molecule has 31 heavy (non-hydrogen) atoms. The molecule has 2 aromatic carbocycles. The van der Waals surface area contributed by atoms with Crippen molar-refractivity contribution in [2.45, 2.75) is 39.2 Å². The Morgan fingerprint density at radius 1 is 1.23 bits per heavy atom. The molecule has 3 rings (SSSR count). The van der Waals surface area contributed by atoms with E-state index >= 15 is 0 Å². The summed E-state index contributed by atoms with van der Waals surface area (Å²) in [6.45, 7) is 2.68. The lowest BCUT2D eigenvalue weighted by Gasteiger charge is -2.13. The summed E-state index contributed by atoms with van der Waals surface area (Å²) in [4.78, 5) is 16.6. The predicted octanol–water partition coefficient (Wildman–Crippen LogP) is 5.65. The molecule has 3 aromatic rings. The Morgan fingerprint density at radius 2 is 2.03 bits per heavy atom. The normalized spacial score (nSPS) is 11.5. The van der Waals surface area contributed by atoms with E-state index in [-0.39, 0.29) is 12.0 Å². The van der Waals surface area contributed by atoms with E-state index in [1.54, 1.807) is 19.4 Å². The zero-order valence-corrected chi connectivity index (χ0v) is 18.6. The molecule has 5 nitrogen and oxygen atoms in total. The van der Waals surface area contributed by atoms with E-state index in [1.807, 2.05) is 48.5 Å². The number of ether oxygens (including phenoxy) is 1. The Kier molecular flexibility index (Phi) is 7.90. The molecule has 0 saturated heterocycles. The van der Waals surface area contributed by atoms with Crippen LogP contribution >= 0.6 is 11.6 Å². The average Bonchev–Trinajstić information content (AvgIpc) is 3.14. The highest BCUT2D eigenvalue weighted by Crippen LogP contribution is 2.22. The van der Waals surface area contributed by atoms with Crippen molar-refractivity contribution in [3.63, 3.8) is 0 Å². The highest BCUT2D eigenvalue weighted by molar-refractivity contribution is 6.31. The molecule has 0 radical (unpaired) electrons. The first-order valence-electron chi connectivity index (χ1n) is 10.4. The molecule has 0 aliphatic heterocycles. The summed E-state index contributed by atoms with van der Waals surface area (Å²) in [5, 5.41) is 10.5. The third-order valence-corrected chi connectivity index (χ3v) is 5.50. The Morgan fingerprint density at radius 3 is 2.74 bits per heavy atom. The van der Waals surface area contributed by atoms with Gasteiger partial charge >= 0.3 is 5.97 Å². The van der Waals surface area contributed by atoms with Crippen LogP contribution in [0.1, 0.15) is 42.4 Å². The zero-order valence-electron chi connectivity index (χ0n) is 17.8. The number of carboxylic acids is 1. The van der Waals surface area contributed by atoms with Crippen LogP contribution in [0.4, 0.5) is 0 Å². The minimum absolute atomic E-state index is 0.286. The van der Waals surface area contributed by atoms with E-state index in [2.05, 4.69) is 16.5 Å². The summed E-state index contributed by atoms with van der Waals surface area (Å²) >= 11 is 6.39. The number of nitrogens with zero attached hydrogens (tertiary/aromatic N) is 2. The first-order chi connectivity index (χ1) is 15.0. The van der Waals surface area contributed by atoms with Gasteiger partial charge in [-0.25, -0.2) is 9.78 Å². The molecule has 0 bridgehead atoms. The lowest BCUT2D eigenvalue weighted by atomic mass is 10.0. The Hall–Kier alpha value is -3.05. The fourth-order valence-electron chi connectivity index (χ4n) is 3.43. The van der Waals surface area contributed by atoms with Crippen LogP contribution in [0.2, 0.25) is 5.02 Å². The van der Waals surface area contributed by atoms with E-state index in [9.17, 15) is 9.90 Å². The van der Waals surface area contributed by atoms with Gasteiger partial charge in [0.1, 0.15) is 11.6 Å². The van der Waals surface area contributed by atoms with Crippen LogP contribution in [0.5, 0.6) is 5.75 Å². The monoisotopic (exact) mass is 438 g/mol. The molecular formula is C25H27ClN2O3. The molecule has 0 atom stereocenters. The zero-order chi connectivity index (χ0) is 22.2. The Balaban J connectivity index is 1.98. The molecule has 1 N–H and O–H groups in total. The van der Waals surface area contributed by atoms with Gasteiger partial charge in [-0.15, -0.1) is 0 Å². The molecule has 0 saturated carbocycles. The van der Waals surface area contributed by atoms with Crippen LogP contribution in [-0.4, -0.2) is 27.7 Å². The van der Waals surface area contributed by atoms with Gasteiger partial charge in [0.05, 0.1) is 25.5 Å². The molecule has 0 fully saturated rings. The van der Waals surface area contributed by atoms with Crippen LogP contribution in [0.25, 0.3) is 6.08 Å². The van der Waals surface area contributed by atoms with Crippen LogP contribution in [0, 0.1) is 0 Å². The molecule has 1 heterocycles. The van der Waals surface area contributed by atoms with Crippen molar-refractivity contribution in [1.29, 1.82) is 0 Å². The van der Waals surface area contributed by atoms with Gasteiger partial charge < -0.3 is 14.4 Å². The second-order valence-electron chi connectivity index (χ2n) is 7.38. The van der Waals surface area contributed by atoms with Crippen molar-refractivity contribution in [1.82, 2.24) is 9.55 Å². The van der Waals surface area contributed by atoms with E-state index in [4.69, 9.17) is 16.3 Å². The molecule has 0 aliphatic carbocycles. The molecule has 162 valence electrons. The fraction of sp³-hybridized carbons (Fsp3) is 0.280. The standard InChI is InChI=1S/C25H27ClN2O3/c1-3-4-12-24-27-16-21(28(24)17-19-9-5-6-11-23(19)26)15-20(25(29)30)13-18-8-7-10-22(14-18)31-2/h5-11,14-16H,3-4,12-13,17H2,1-2H3,(H,29,30)/b20-15+. The Labute approximate surface area is 188 Å². The van der Waals surface area contributed by atoms with Crippen LogP contribution in [0.3, 0.4) is 0 Å². The van der Waals surface area contributed by atoms with Gasteiger partial charge in [0.15, 0.2) is 0 Å². The summed E-state index contributed by atoms with van der Waals surface area (Å²) in [5.74, 6) is 0.676. The maximum atomic E-state index is 12.0. The highest BCUT2D eigenvalue weighted by Gasteiger charge is 2.15. The maximum absolute atomic E-state index is 12.0. The highest BCUT2D eigenvalue weighted by atomic mass is 35.5. The SMILES string of the molecule is CCCCc1ncc(/C=C(\Cc2cccc(OC)c2)C(=O)O)n1Cc1ccccc1Cl. The summed E-state index contributed by atoms with van der Waals surface area (Å²) in [6.07, 6.45) is 6.64. The van der Waals surface area contributed by atoms with Crippen LogP contribution in [0.15, 0.2) is 60.3 Å². The number of aliphatic carboxylic acids is 1. The van der Waals surface area contributed by atoms with Gasteiger partial charge in [-0.2, -0.15) is 0 Å². The quantitative estimate of drug-likeness (QED) is 0.415. The van der Waals surface area contributed by atoms with Gasteiger partial charge in [-0.3, -0.25) is 0 Å². The minimum atomic E-state index is -0.955. The first kappa shape index (κ1) is 22.6. The van der Waals surface area contributed by atoms with E-state index < -0.39 is 5.97 Å². The molecule has 6 heteroatoms. The van der Waals surface area contributed by atoms with Crippen LogP contribution in [-0.2, 0) is 24.2 Å². The van der Waals surface area contributed by atoms with Crippen molar-refractivity contribution in [2.24, 2.45) is 0 Å². The topological polar surface area (TPSA) is 64.3 Å². The largest absolute Gasteiger partial charge is 0.497 e. The lowest BCUT2D eigenvalue weighted by Crippen LogP contribution is -2.09. The van der Waals surface area contributed by atoms with Crippen LogP contribution < -0.4 is 4.74 Å². The van der Waals surface area contributed by atoms with Crippen molar-refractivity contribution in [3.8, 4) is 5.75 Å². The summed E-state index contributed by atoms with van der Waals surface area (Å²) in [6, 6.07) is 15.1. The maximum Gasteiger partial charge on any atom is 0.331 e. The van der Waals surface area contributed by atoms with Crippen molar-refractivity contribution in [3.05, 3.63) is 88.0 Å². The number of carbonyl (C=O) groups is 1. The molecule has 0 unspecified atom stereocenters. The van der Waals surface area contributed by atoms with Gasteiger partial charge in [0.2, 0.25) is 0 Å². The second kappa shape index (κ2) is 10.8. The van der Waals surface area contributed by atoms with E-state index in [1.165, 1.54) is 0 Å². The van der Waals surface area contributed by atoms with E-state index in [0.717, 1.165) is 41.9 Å². The number of imidazole rings is 1. The summed E-state index contributed by atoms with van der Waals surface area (Å²) < 4.78 is 7.32. The number of aryl methyl sites for hydroxylation is 1. The molecular weight excluding hydrogens is 412 g/mol. The number of hydrogen-bond donors (Lipinski definition) is 1. The van der Waals surface area contributed by atoms with Crippen molar-refractivity contribution in [2.75, 3.05) is 7.11 Å². The van der Waals surface area contributed by atoms with Gasteiger partial charge in [0, 0.05) is 23.4 Å². The third kappa shape index (κ3) is 5.98. The minimum Gasteiger partial charge on any atom is -0.497 e. The summed E-state index contributed by atoms with van der Waals surface area (Å²) in [7, 11) is 1.60. The Bertz CT molecular complexity index is 1070. The summed E-state index contributed by atoms with van der Waals surface area (Å²) in [5.41, 5.74) is 2.89. The number of carboxylic acid groups (broad SMARTS) is 1. The number of aromatic nitrogens is 2. The fourth-order valence-corrected chi connectivity index (χ4v) is 3.62. The molecule has 0 spiro atoms. The number of methoxy groups -OCH3 is 1. The first-order valence-corrected chi connectivity index (χ1v) is 10.7. The lowest BCUT2D eigenvalue weighted by molar-refractivity contribution is -0.132. The van der Waals surface area contributed by atoms with Gasteiger partial charge in [-0.05, 0) is 41.8 Å². The van der Waals surface area contributed by atoms with Crippen molar-refractivity contribution < 1.29 is 14.6 Å². The van der Waals surface area contributed by atoms with Gasteiger partial charge in [-0.1, -0.05) is 55.3 Å². The molecule has 1 aromatic heterocycles. The smallest absolute Gasteiger partial charge is 0.331 e. The number of hydrogen-bond acceptors (Lipinski definition) is 3. The van der Waals surface area contributed by atoms with Crippen molar-refractivity contribution >= 4 is 23.6 Å². The number of unbranched alkanes of at least 4 members (excludes halogenated alkanes) is 1. The number of halogens is 1. The van der Waals surface area contributed by atoms with E-state index in [0.29, 0.717) is 17.3 Å². The third-order valence-electron chi connectivity index (χ3n) is 5.13. The molecule has 0 amide bonds. The predicted molar refractivity (Wildman–Crippen MR) is 124 cm³/mol. The number of rotatable bonds is 10. The second-order valence-corrected chi connectivity index (χ2v) is 7.79. The number of benzene rings is 2. The average molecular weight is 439 g/mol.